The number of fused-ring (bicyclic) bond motifs is 1. The van der Waals surface area contributed by atoms with E-state index in [0.29, 0.717) is 28.6 Å². The summed E-state index contributed by atoms with van der Waals surface area (Å²) in [5.74, 6) is -0.740. The van der Waals surface area contributed by atoms with Gasteiger partial charge in [-0.25, -0.2) is 13.2 Å². The number of aryl methyl sites for hydroxylation is 1. The van der Waals surface area contributed by atoms with Crippen molar-refractivity contribution in [2.75, 3.05) is 11.4 Å². The second kappa shape index (κ2) is 9.52. The Morgan fingerprint density at radius 3 is 2.32 bits per heavy atom. The van der Waals surface area contributed by atoms with E-state index in [4.69, 9.17) is 4.74 Å². The average Bonchev–Trinajstić information content (AvgIpc) is 2.86. The topological polar surface area (TPSA) is 96.8 Å². The largest absolute Gasteiger partial charge is 0.497 e. The summed E-state index contributed by atoms with van der Waals surface area (Å²) in [6, 6.07) is 20.5. The monoisotopic (exact) mass is 476 g/mol. The lowest BCUT2D eigenvalue weighted by atomic mass is 10.0. The molecule has 0 aliphatic rings. The van der Waals surface area contributed by atoms with Gasteiger partial charge in [-0.1, -0.05) is 55.5 Å². The number of hydrogen-bond donors (Lipinski definition) is 1. The number of pyridine rings is 1. The summed E-state index contributed by atoms with van der Waals surface area (Å²) in [6.45, 7) is 1.92. The van der Waals surface area contributed by atoms with Crippen LogP contribution in [0.15, 0.2) is 83.9 Å². The average molecular weight is 477 g/mol. The minimum absolute atomic E-state index is 0.0252. The molecule has 1 heterocycles. The summed E-state index contributed by atoms with van der Waals surface area (Å²) in [5, 5.41) is 10.5. The molecule has 0 aliphatic carbocycles. The minimum Gasteiger partial charge on any atom is -0.497 e. The van der Waals surface area contributed by atoms with Crippen molar-refractivity contribution in [1.82, 2.24) is 4.98 Å². The number of carbonyl (C=O) groups is 1. The molecule has 0 saturated carbocycles. The van der Waals surface area contributed by atoms with Crippen LogP contribution in [-0.4, -0.2) is 31.6 Å². The summed E-state index contributed by atoms with van der Waals surface area (Å²) in [4.78, 5) is 16.7. The highest BCUT2D eigenvalue weighted by atomic mass is 32.2. The van der Waals surface area contributed by atoms with E-state index in [2.05, 4.69) is 4.98 Å². The lowest BCUT2D eigenvalue weighted by molar-refractivity contribution is 0.0697. The lowest BCUT2D eigenvalue weighted by Crippen LogP contribution is -2.32. The van der Waals surface area contributed by atoms with E-state index in [1.807, 2.05) is 31.2 Å². The second-order valence-corrected chi connectivity index (χ2v) is 9.53. The highest BCUT2D eigenvalue weighted by molar-refractivity contribution is 7.92. The van der Waals surface area contributed by atoms with Crippen molar-refractivity contribution in [2.45, 2.75) is 24.8 Å². The van der Waals surface area contributed by atoms with Crippen LogP contribution in [0.25, 0.3) is 10.9 Å². The predicted molar refractivity (Wildman–Crippen MR) is 131 cm³/mol. The SMILES string of the molecule is CCc1cccc2c(N(Cc3ccccc3)S(=O)(=O)c3ccc(OC)cc3)c(C(=O)O)cnc12. The number of carboxylic acid groups (broad SMARTS) is 1. The molecule has 0 atom stereocenters. The van der Waals surface area contributed by atoms with Gasteiger partial charge in [0, 0.05) is 11.6 Å². The lowest BCUT2D eigenvalue weighted by Gasteiger charge is -2.27. The van der Waals surface area contributed by atoms with Gasteiger partial charge in [-0.05, 0) is 41.8 Å². The van der Waals surface area contributed by atoms with Crippen molar-refractivity contribution in [3.8, 4) is 5.75 Å². The van der Waals surface area contributed by atoms with Gasteiger partial charge in [-0.15, -0.1) is 0 Å². The highest BCUT2D eigenvalue weighted by Gasteiger charge is 2.31. The number of carboxylic acids is 1. The summed E-state index contributed by atoms with van der Waals surface area (Å²) >= 11 is 0. The summed E-state index contributed by atoms with van der Waals surface area (Å²) in [7, 11) is -2.66. The normalized spacial score (nSPS) is 11.4. The van der Waals surface area contributed by atoms with Gasteiger partial charge in [0.15, 0.2) is 0 Å². The maximum Gasteiger partial charge on any atom is 0.339 e. The molecule has 174 valence electrons. The summed E-state index contributed by atoms with van der Waals surface area (Å²) in [5.41, 5.74) is 2.10. The third-order valence-corrected chi connectivity index (χ3v) is 7.39. The van der Waals surface area contributed by atoms with Crippen LogP contribution in [0.1, 0.15) is 28.4 Å². The molecule has 0 bridgehead atoms. The van der Waals surface area contributed by atoms with E-state index in [9.17, 15) is 18.3 Å². The third kappa shape index (κ3) is 4.32. The molecule has 0 aliphatic heterocycles. The smallest absolute Gasteiger partial charge is 0.339 e. The Labute approximate surface area is 198 Å². The van der Waals surface area contributed by atoms with Crippen LogP contribution in [0.2, 0.25) is 0 Å². The van der Waals surface area contributed by atoms with Crippen molar-refractivity contribution in [3.05, 3.63) is 95.7 Å². The molecular formula is C26H24N2O5S. The number of aromatic carboxylic acids is 1. The van der Waals surface area contributed by atoms with Crippen molar-refractivity contribution < 1.29 is 23.1 Å². The molecule has 0 unspecified atom stereocenters. The van der Waals surface area contributed by atoms with Gasteiger partial charge >= 0.3 is 5.97 Å². The van der Waals surface area contributed by atoms with Crippen molar-refractivity contribution in [2.24, 2.45) is 0 Å². The number of para-hydroxylation sites is 1. The molecular weight excluding hydrogens is 452 g/mol. The molecule has 1 N–H and O–H groups in total. The first kappa shape index (κ1) is 23.3. The molecule has 7 nitrogen and oxygen atoms in total. The third-order valence-electron chi connectivity index (χ3n) is 5.63. The number of ether oxygens (including phenoxy) is 1. The van der Waals surface area contributed by atoms with E-state index in [1.54, 1.807) is 36.4 Å². The van der Waals surface area contributed by atoms with Crippen LogP contribution in [0, 0.1) is 0 Å². The first-order chi connectivity index (χ1) is 16.4. The standard InChI is InChI=1S/C26H24N2O5S/c1-3-19-10-7-11-22-24(19)27-16-23(26(29)30)25(22)28(17-18-8-5-4-6-9-18)34(31,32)21-14-12-20(33-2)13-15-21/h4-16H,3,17H2,1-2H3,(H,29,30). The van der Waals surface area contributed by atoms with Crippen molar-refractivity contribution in [1.29, 1.82) is 0 Å². The molecule has 0 spiro atoms. The Bertz CT molecular complexity index is 1440. The van der Waals surface area contributed by atoms with E-state index in [0.717, 1.165) is 9.87 Å². The van der Waals surface area contributed by atoms with Gasteiger partial charge in [-0.2, -0.15) is 0 Å². The Kier molecular flexibility index (Phi) is 6.51. The van der Waals surface area contributed by atoms with Gasteiger partial charge in [-0.3, -0.25) is 9.29 Å². The van der Waals surface area contributed by atoms with Crippen molar-refractivity contribution in [3.63, 3.8) is 0 Å². The van der Waals surface area contributed by atoms with E-state index in [1.165, 1.54) is 25.4 Å². The fraction of sp³-hybridized carbons (Fsp3) is 0.154. The number of benzene rings is 3. The van der Waals surface area contributed by atoms with E-state index < -0.39 is 16.0 Å². The highest BCUT2D eigenvalue weighted by Crippen LogP contribution is 2.36. The maximum atomic E-state index is 14.0. The molecule has 4 aromatic rings. The first-order valence-electron chi connectivity index (χ1n) is 10.7. The molecule has 0 saturated heterocycles. The van der Waals surface area contributed by atoms with Crippen LogP contribution in [0.5, 0.6) is 5.75 Å². The van der Waals surface area contributed by atoms with E-state index in [-0.39, 0.29) is 22.7 Å². The van der Waals surface area contributed by atoms with Crippen LogP contribution < -0.4 is 9.04 Å². The predicted octanol–water partition coefficient (Wildman–Crippen LogP) is 4.90. The molecule has 4 rings (SSSR count). The minimum atomic E-state index is -4.16. The second-order valence-electron chi connectivity index (χ2n) is 7.67. The number of sulfonamides is 1. The zero-order chi connectivity index (χ0) is 24.3. The van der Waals surface area contributed by atoms with Gasteiger partial charge in [0.25, 0.3) is 10.0 Å². The number of anilines is 1. The van der Waals surface area contributed by atoms with Gasteiger partial charge in [0.2, 0.25) is 0 Å². The molecule has 0 fully saturated rings. The van der Waals surface area contributed by atoms with Gasteiger partial charge < -0.3 is 9.84 Å². The first-order valence-corrected chi connectivity index (χ1v) is 12.2. The fourth-order valence-corrected chi connectivity index (χ4v) is 5.38. The molecule has 0 radical (unpaired) electrons. The Morgan fingerprint density at radius 1 is 1.00 bits per heavy atom. The number of nitrogens with zero attached hydrogens (tertiary/aromatic N) is 2. The number of aromatic nitrogens is 1. The Morgan fingerprint density at radius 2 is 1.71 bits per heavy atom. The fourth-order valence-electron chi connectivity index (χ4n) is 3.89. The summed E-state index contributed by atoms with van der Waals surface area (Å²) in [6.07, 6.45) is 1.90. The molecule has 0 amide bonds. The molecule has 8 heteroatoms. The Balaban J connectivity index is 2.02. The Hall–Kier alpha value is -3.91. The zero-order valence-corrected chi connectivity index (χ0v) is 19.6. The number of hydrogen-bond acceptors (Lipinski definition) is 5. The molecule has 3 aromatic carbocycles. The van der Waals surface area contributed by atoms with Crippen LogP contribution in [0.4, 0.5) is 5.69 Å². The molecule has 34 heavy (non-hydrogen) atoms. The zero-order valence-electron chi connectivity index (χ0n) is 18.8. The van der Waals surface area contributed by atoms with Crippen LogP contribution >= 0.6 is 0 Å². The maximum absolute atomic E-state index is 14.0. The van der Waals surface area contributed by atoms with Crippen molar-refractivity contribution >= 4 is 32.6 Å². The van der Waals surface area contributed by atoms with Gasteiger partial charge in [0.1, 0.15) is 11.3 Å². The van der Waals surface area contributed by atoms with Gasteiger partial charge in [0.05, 0.1) is 29.8 Å². The van der Waals surface area contributed by atoms with E-state index >= 15 is 0 Å². The quantitative estimate of drug-likeness (QED) is 0.389. The van der Waals surface area contributed by atoms with Crippen LogP contribution in [-0.2, 0) is 23.0 Å². The molecule has 1 aromatic heterocycles. The summed E-state index contributed by atoms with van der Waals surface area (Å²) < 4.78 is 34.3. The van der Waals surface area contributed by atoms with Crippen LogP contribution in [0.3, 0.4) is 0 Å². The number of methoxy groups -OCH3 is 1. The number of rotatable bonds is 8.